The van der Waals surface area contributed by atoms with E-state index in [0.717, 1.165) is 74.9 Å². The molecule has 0 bridgehead atoms. The standard InChI is InChI=1S/C25H26N6O2.C21H34N6O2/c1-25(2,33)20-12-21-17(15-30(29-21)18-6-4-3-5-7-18)11-22(20)28-24(32)23-9-8-19-10-16(13-26)14-27-31(19)23;1-16-13-20(25-17(15-28)3-4-21(29)22-2)24-14-19(16)27-9-5-18(6-10-27)26-11-7-23-8-12-26/h8-12,14-15,18,33H,3-7H2,1-2H3,(H,28,32);13-15,17-18,23H,3-12H2,1-2H3,(H,22,29)(H,24,25). The summed E-state index contributed by atoms with van der Waals surface area (Å²) in [7, 11) is 1.60. The van der Waals surface area contributed by atoms with Crippen LogP contribution in [0.3, 0.4) is 0 Å². The molecule has 1 aliphatic carbocycles. The maximum absolute atomic E-state index is 13.2. The fourth-order valence-electron chi connectivity index (χ4n) is 8.91. The lowest BCUT2D eigenvalue weighted by Crippen LogP contribution is -2.52. The van der Waals surface area contributed by atoms with Crippen molar-refractivity contribution in [1.29, 1.82) is 5.26 Å². The molecule has 1 unspecified atom stereocenters. The number of nitriles is 1. The van der Waals surface area contributed by atoms with Crippen molar-refractivity contribution in [2.75, 3.05) is 61.8 Å². The monoisotopic (exact) mass is 844 g/mol. The molecule has 62 heavy (non-hydrogen) atoms. The molecule has 3 aliphatic rings. The number of rotatable bonds is 12. The van der Waals surface area contributed by atoms with Gasteiger partial charge < -0.3 is 36.1 Å². The van der Waals surface area contributed by atoms with Gasteiger partial charge in [0, 0.05) is 81.6 Å². The number of pyridine rings is 1. The first-order valence-electron chi connectivity index (χ1n) is 22.0. The van der Waals surface area contributed by atoms with Crippen LogP contribution in [0.4, 0.5) is 17.2 Å². The van der Waals surface area contributed by atoms with Gasteiger partial charge in [-0.25, -0.2) is 9.50 Å². The number of aryl methyl sites for hydroxylation is 1. The summed E-state index contributed by atoms with van der Waals surface area (Å²) in [5, 5.41) is 41.9. The molecule has 0 spiro atoms. The number of nitrogens with one attached hydrogen (secondary N) is 4. The zero-order valence-corrected chi connectivity index (χ0v) is 36.4. The zero-order valence-electron chi connectivity index (χ0n) is 36.4. The number of anilines is 3. The van der Waals surface area contributed by atoms with Crippen LogP contribution in [0.1, 0.15) is 105 Å². The van der Waals surface area contributed by atoms with E-state index in [1.165, 1.54) is 48.5 Å². The Morgan fingerprint density at radius 1 is 1.02 bits per heavy atom. The van der Waals surface area contributed by atoms with Gasteiger partial charge in [0.25, 0.3) is 5.91 Å². The number of nitrogens with zero attached hydrogens (tertiary/aromatic N) is 8. The first-order chi connectivity index (χ1) is 29.9. The van der Waals surface area contributed by atoms with E-state index in [4.69, 9.17) is 10.4 Å². The molecule has 6 heterocycles. The average molecular weight is 845 g/mol. The summed E-state index contributed by atoms with van der Waals surface area (Å²) < 4.78 is 3.54. The number of amides is 2. The molecule has 2 aliphatic heterocycles. The van der Waals surface area contributed by atoms with Crippen molar-refractivity contribution in [2.24, 2.45) is 0 Å². The minimum absolute atomic E-state index is 0.0673. The third-order valence-corrected chi connectivity index (χ3v) is 12.4. The second-order valence-electron chi connectivity index (χ2n) is 17.2. The first-order valence-corrected chi connectivity index (χ1v) is 22.0. The molecule has 328 valence electrons. The highest BCUT2D eigenvalue weighted by Crippen LogP contribution is 2.35. The Morgan fingerprint density at radius 3 is 2.45 bits per heavy atom. The fraction of sp³-hybridized carbons (Fsp3) is 0.500. The topological polar surface area (TPSA) is 198 Å². The molecule has 5 N–H and O–H groups in total. The van der Waals surface area contributed by atoms with Gasteiger partial charge in [-0.2, -0.15) is 15.5 Å². The molecule has 16 heteroatoms. The summed E-state index contributed by atoms with van der Waals surface area (Å²) in [5.74, 6) is 0.259. The third kappa shape index (κ3) is 10.6. The summed E-state index contributed by atoms with van der Waals surface area (Å²) in [6, 6.07) is 13.5. The lowest BCUT2D eigenvalue weighted by atomic mass is 9.95. The van der Waals surface area contributed by atoms with Gasteiger partial charge in [0.1, 0.15) is 23.9 Å². The molecule has 0 radical (unpaired) electrons. The van der Waals surface area contributed by atoms with Crippen molar-refractivity contribution in [1.82, 2.24) is 39.9 Å². The van der Waals surface area contributed by atoms with E-state index in [1.807, 2.05) is 35.3 Å². The number of aliphatic hydroxyl groups is 1. The van der Waals surface area contributed by atoms with Crippen LogP contribution in [0.2, 0.25) is 0 Å². The number of benzene rings is 1. The van der Waals surface area contributed by atoms with Crippen molar-refractivity contribution >= 4 is 51.7 Å². The van der Waals surface area contributed by atoms with E-state index in [0.29, 0.717) is 58.8 Å². The van der Waals surface area contributed by atoms with E-state index in [2.05, 4.69) is 54.1 Å². The summed E-state index contributed by atoms with van der Waals surface area (Å²) in [5.41, 5.74) is 4.50. The highest BCUT2D eigenvalue weighted by Gasteiger charge is 2.28. The number of hydrogen-bond donors (Lipinski definition) is 5. The Kier molecular flexibility index (Phi) is 14.2. The van der Waals surface area contributed by atoms with E-state index in [9.17, 15) is 19.5 Å². The lowest BCUT2D eigenvalue weighted by Gasteiger charge is -2.41. The van der Waals surface area contributed by atoms with Crippen LogP contribution in [0.25, 0.3) is 16.4 Å². The Bertz CT molecular complexity index is 2390. The minimum Gasteiger partial charge on any atom is -0.386 e. The number of aldehydes is 1. The SMILES string of the molecule is CC(C)(O)c1cc2nn(C3CCCCC3)cc2cc1NC(=O)c1ccc2cc(C#N)cnn12.CNC(=O)CCC(C=O)Nc1cc(C)c(N2CCC(N3CCNCC3)CC2)cn1. The maximum atomic E-state index is 13.2. The molecule has 16 nitrogen and oxygen atoms in total. The maximum Gasteiger partial charge on any atom is 0.274 e. The Balaban J connectivity index is 0.000000188. The molecule has 2 amide bonds. The van der Waals surface area contributed by atoms with E-state index >= 15 is 0 Å². The molecule has 1 atom stereocenters. The number of piperazine rings is 1. The number of carbonyl (C=O) groups is 3. The molecular weight excluding hydrogens is 785 g/mol. The van der Waals surface area contributed by atoms with Crippen molar-refractivity contribution in [3.05, 3.63) is 77.4 Å². The average Bonchev–Trinajstić information content (AvgIpc) is 3.92. The van der Waals surface area contributed by atoms with E-state index < -0.39 is 11.6 Å². The zero-order chi connectivity index (χ0) is 43.8. The number of carbonyl (C=O) groups excluding carboxylic acids is 3. The Hall–Kier alpha value is -5.89. The quantitative estimate of drug-likeness (QED) is 0.102. The number of aromatic nitrogens is 5. The van der Waals surface area contributed by atoms with Crippen molar-refractivity contribution in [3.8, 4) is 6.07 Å². The van der Waals surface area contributed by atoms with Gasteiger partial charge in [0.2, 0.25) is 5.91 Å². The van der Waals surface area contributed by atoms with Crippen molar-refractivity contribution in [3.63, 3.8) is 0 Å². The van der Waals surface area contributed by atoms with Crippen LogP contribution >= 0.6 is 0 Å². The first kappa shape index (κ1) is 44.2. The number of fused-ring (bicyclic) bond motifs is 2. The van der Waals surface area contributed by atoms with Crippen LogP contribution < -0.4 is 26.2 Å². The Morgan fingerprint density at radius 2 is 1.77 bits per heavy atom. The highest BCUT2D eigenvalue weighted by molar-refractivity contribution is 6.05. The molecule has 3 fully saturated rings. The third-order valence-electron chi connectivity index (χ3n) is 12.4. The fourth-order valence-corrected chi connectivity index (χ4v) is 8.91. The second kappa shape index (κ2) is 19.9. The summed E-state index contributed by atoms with van der Waals surface area (Å²) in [6.07, 6.45) is 15.3. The van der Waals surface area contributed by atoms with Crippen LogP contribution in [-0.4, -0.2) is 111 Å². The van der Waals surface area contributed by atoms with Gasteiger partial charge in [0.15, 0.2) is 0 Å². The summed E-state index contributed by atoms with van der Waals surface area (Å²) in [4.78, 5) is 45.5. The Labute approximate surface area is 363 Å². The molecule has 5 aromatic rings. The molecular formula is C46H60N12O4. The van der Waals surface area contributed by atoms with Gasteiger partial charge in [-0.3, -0.25) is 19.2 Å². The molecule has 8 rings (SSSR count). The molecule has 4 aromatic heterocycles. The van der Waals surface area contributed by atoms with Crippen molar-refractivity contribution < 1.29 is 19.5 Å². The van der Waals surface area contributed by atoms with Crippen LogP contribution in [-0.2, 0) is 15.2 Å². The summed E-state index contributed by atoms with van der Waals surface area (Å²) in [6.45, 7) is 12.1. The smallest absolute Gasteiger partial charge is 0.274 e. The predicted octanol–water partition coefficient (Wildman–Crippen LogP) is 5.31. The van der Waals surface area contributed by atoms with Crippen molar-refractivity contribution in [2.45, 2.75) is 102 Å². The predicted molar refractivity (Wildman–Crippen MR) is 240 cm³/mol. The van der Waals surface area contributed by atoms with E-state index in [1.54, 1.807) is 39.1 Å². The minimum atomic E-state index is -1.17. The summed E-state index contributed by atoms with van der Waals surface area (Å²) >= 11 is 0. The highest BCUT2D eigenvalue weighted by atomic mass is 16.3. The van der Waals surface area contributed by atoms with Crippen LogP contribution in [0.15, 0.2) is 55.0 Å². The molecule has 1 aromatic carbocycles. The normalized spacial score (nSPS) is 17.2. The second-order valence-corrected chi connectivity index (χ2v) is 17.2. The van der Waals surface area contributed by atoms with E-state index in [-0.39, 0.29) is 11.8 Å². The van der Waals surface area contributed by atoms with Gasteiger partial charge in [-0.05, 0) is 94.8 Å². The molecule has 2 saturated heterocycles. The largest absolute Gasteiger partial charge is 0.386 e. The lowest BCUT2D eigenvalue weighted by molar-refractivity contribution is -0.120. The van der Waals surface area contributed by atoms with Gasteiger partial charge in [-0.15, -0.1) is 0 Å². The number of piperidine rings is 1. The van der Waals surface area contributed by atoms with Crippen LogP contribution in [0.5, 0.6) is 0 Å². The van der Waals surface area contributed by atoms with Gasteiger partial charge in [-0.1, -0.05) is 19.3 Å². The molecule has 1 saturated carbocycles. The van der Waals surface area contributed by atoms with Gasteiger partial charge >= 0.3 is 0 Å². The van der Waals surface area contributed by atoms with Gasteiger partial charge in [0.05, 0.1) is 52.4 Å². The van der Waals surface area contributed by atoms with Crippen LogP contribution in [0, 0.1) is 18.3 Å². The number of hydrogen-bond acceptors (Lipinski definition) is 12.